The topological polar surface area (TPSA) is 43.1 Å². The van der Waals surface area contributed by atoms with Crippen LogP contribution in [0, 0.1) is 17.8 Å². The van der Waals surface area contributed by atoms with Crippen molar-refractivity contribution in [2.24, 2.45) is 11.1 Å². The van der Waals surface area contributed by atoms with Crippen LogP contribution in [-0.4, -0.2) is 11.3 Å². The van der Waals surface area contributed by atoms with Gasteiger partial charge in [-0.05, 0) is 13.8 Å². The molecule has 0 aromatic heterocycles. The number of carbonyl (C=O) groups is 1. The van der Waals surface area contributed by atoms with Gasteiger partial charge in [-0.2, -0.15) is 0 Å². The summed E-state index contributed by atoms with van der Waals surface area (Å²) >= 11 is 0. The SMILES string of the molecule is C#CCCC(=O)C(C)(C)C(C)(C)N. The third-order valence-corrected chi connectivity index (χ3v) is 2.80. The van der Waals surface area contributed by atoms with Gasteiger partial charge < -0.3 is 5.73 Å². The summed E-state index contributed by atoms with van der Waals surface area (Å²) in [5, 5.41) is 0. The molecule has 0 radical (unpaired) electrons. The molecule has 0 bridgehead atoms. The summed E-state index contributed by atoms with van der Waals surface area (Å²) in [5.41, 5.74) is 4.90. The van der Waals surface area contributed by atoms with Gasteiger partial charge in [-0.25, -0.2) is 0 Å². The Morgan fingerprint density at radius 3 is 2.15 bits per heavy atom. The highest BCUT2D eigenvalue weighted by molar-refractivity contribution is 5.85. The van der Waals surface area contributed by atoms with Crippen LogP contribution in [-0.2, 0) is 4.79 Å². The maximum atomic E-state index is 11.7. The Bertz CT molecular complexity index is 227. The molecular weight excluding hydrogens is 162 g/mol. The Balaban J connectivity index is 4.48. The second kappa shape index (κ2) is 3.93. The number of carbonyl (C=O) groups excluding carboxylic acids is 1. The lowest BCUT2D eigenvalue weighted by molar-refractivity contribution is -0.129. The van der Waals surface area contributed by atoms with Gasteiger partial charge in [-0.3, -0.25) is 4.79 Å². The van der Waals surface area contributed by atoms with E-state index in [1.165, 1.54) is 0 Å². The molecule has 0 aliphatic carbocycles. The van der Waals surface area contributed by atoms with Crippen molar-refractivity contribution < 1.29 is 4.79 Å². The van der Waals surface area contributed by atoms with Crippen molar-refractivity contribution in [3.8, 4) is 12.3 Å². The van der Waals surface area contributed by atoms with Crippen molar-refractivity contribution >= 4 is 5.78 Å². The molecule has 0 saturated carbocycles. The number of ketones is 1. The molecule has 2 heteroatoms. The molecule has 0 amide bonds. The van der Waals surface area contributed by atoms with E-state index in [0.717, 1.165) is 0 Å². The summed E-state index contributed by atoms with van der Waals surface area (Å²) in [4.78, 5) is 11.7. The Kier molecular flexibility index (Phi) is 3.69. The van der Waals surface area contributed by atoms with E-state index in [9.17, 15) is 4.79 Å². The fourth-order valence-corrected chi connectivity index (χ4v) is 0.858. The van der Waals surface area contributed by atoms with Crippen molar-refractivity contribution in [1.29, 1.82) is 0 Å². The quantitative estimate of drug-likeness (QED) is 0.671. The first-order valence-corrected chi connectivity index (χ1v) is 4.49. The Morgan fingerprint density at radius 1 is 1.38 bits per heavy atom. The molecule has 0 atom stereocenters. The minimum Gasteiger partial charge on any atom is -0.325 e. The van der Waals surface area contributed by atoms with Gasteiger partial charge in [-0.1, -0.05) is 13.8 Å². The predicted octanol–water partition coefficient (Wildman–Crippen LogP) is 1.73. The summed E-state index contributed by atoms with van der Waals surface area (Å²) in [7, 11) is 0. The Morgan fingerprint density at radius 2 is 1.85 bits per heavy atom. The lowest BCUT2D eigenvalue weighted by Crippen LogP contribution is -2.51. The third kappa shape index (κ3) is 2.86. The molecule has 13 heavy (non-hydrogen) atoms. The fourth-order valence-electron chi connectivity index (χ4n) is 0.858. The van der Waals surface area contributed by atoms with E-state index in [0.29, 0.717) is 12.8 Å². The van der Waals surface area contributed by atoms with E-state index in [1.54, 1.807) is 0 Å². The molecule has 0 aliphatic heterocycles. The molecule has 0 unspecified atom stereocenters. The van der Waals surface area contributed by atoms with Gasteiger partial charge in [0.25, 0.3) is 0 Å². The van der Waals surface area contributed by atoms with E-state index in [2.05, 4.69) is 5.92 Å². The first kappa shape index (κ1) is 12.2. The maximum absolute atomic E-state index is 11.7. The van der Waals surface area contributed by atoms with Crippen LogP contribution in [0.3, 0.4) is 0 Å². The van der Waals surface area contributed by atoms with Gasteiger partial charge in [0.2, 0.25) is 0 Å². The average molecular weight is 181 g/mol. The predicted molar refractivity (Wildman–Crippen MR) is 55.1 cm³/mol. The van der Waals surface area contributed by atoms with Crippen LogP contribution in [0.2, 0.25) is 0 Å². The van der Waals surface area contributed by atoms with E-state index in [4.69, 9.17) is 12.2 Å². The summed E-state index contributed by atoms with van der Waals surface area (Å²) < 4.78 is 0. The number of hydrogen-bond donors (Lipinski definition) is 1. The van der Waals surface area contributed by atoms with Gasteiger partial charge in [0.1, 0.15) is 5.78 Å². The summed E-state index contributed by atoms with van der Waals surface area (Å²) in [6.07, 6.45) is 6.01. The van der Waals surface area contributed by atoms with Crippen molar-refractivity contribution in [1.82, 2.24) is 0 Å². The number of hydrogen-bond acceptors (Lipinski definition) is 2. The second-order valence-electron chi connectivity index (χ2n) is 4.47. The Hall–Kier alpha value is -0.810. The highest BCUT2D eigenvalue weighted by Gasteiger charge is 2.39. The van der Waals surface area contributed by atoms with E-state index >= 15 is 0 Å². The smallest absolute Gasteiger partial charge is 0.141 e. The molecule has 0 aromatic rings. The molecule has 0 spiro atoms. The van der Waals surface area contributed by atoms with E-state index in [-0.39, 0.29) is 5.78 Å². The van der Waals surface area contributed by atoms with Gasteiger partial charge in [0.05, 0.1) is 0 Å². The van der Waals surface area contributed by atoms with Gasteiger partial charge >= 0.3 is 0 Å². The van der Waals surface area contributed by atoms with Gasteiger partial charge in [-0.15, -0.1) is 12.3 Å². The zero-order valence-electron chi connectivity index (χ0n) is 8.98. The van der Waals surface area contributed by atoms with Crippen LogP contribution in [0.25, 0.3) is 0 Å². The standard InChI is InChI=1S/C11H19NO/c1-6-7-8-9(13)10(2,3)11(4,5)12/h1H,7-8,12H2,2-5H3. The average Bonchev–Trinajstić information content (AvgIpc) is 1.97. The number of rotatable bonds is 4. The van der Waals surface area contributed by atoms with Crippen molar-refractivity contribution in [2.45, 2.75) is 46.1 Å². The monoisotopic (exact) mass is 181 g/mol. The van der Waals surface area contributed by atoms with Crippen LogP contribution < -0.4 is 5.73 Å². The number of nitrogens with two attached hydrogens (primary N) is 1. The molecular formula is C11H19NO. The molecule has 0 rings (SSSR count). The van der Waals surface area contributed by atoms with Gasteiger partial charge in [0.15, 0.2) is 0 Å². The lowest BCUT2D eigenvalue weighted by atomic mass is 9.71. The zero-order chi connectivity index (χ0) is 10.7. The molecule has 0 aliphatic rings. The normalized spacial score (nSPS) is 12.3. The molecule has 0 aromatic carbocycles. The number of Topliss-reactive ketones (excluding diaryl/α,β-unsaturated/α-hetero) is 1. The summed E-state index contributed by atoms with van der Waals surface area (Å²) in [6, 6.07) is 0. The lowest BCUT2D eigenvalue weighted by Gasteiger charge is -2.37. The second-order valence-corrected chi connectivity index (χ2v) is 4.47. The van der Waals surface area contributed by atoms with Crippen LogP contribution in [0.1, 0.15) is 40.5 Å². The molecule has 2 nitrogen and oxygen atoms in total. The number of terminal acetylenes is 1. The van der Waals surface area contributed by atoms with Crippen LogP contribution in [0.15, 0.2) is 0 Å². The zero-order valence-corrected chi connectivity index (χ0v) is 8.98. The van der Waals surface area contributed by atoms with Crippen LogP contribution in [0.4, 0.5) is 0 Å². The highest BCUT2D eigenvalue weighted by Crippen LogP contribution is 2.30. The fraction of sp³-hybridized carbons (Fsp3) is 0.727. The summed E-state index contributed by atoms with van der Waals surface area (Å²) in [5.74, 6) is 2.60. The first-order chi connectivity index (χ1) is 5.73. The van der Waals surface area contributed by atoms with Crippen molar-refractivity contribution in [3.05, 3.63) is 0 Å². The largest absolute Gasteiger partial charge is 0.325 e. The van der Waals surface area contributed by atoms with Crippen molar-refractivity contribution in [3.63, 3.8) is 0 Å². The molecule has 2 N–H and O–H groups in total. The first-order valence-electron chi connectivity index (χ1n) is 4.49. The Labute approximate surface area is 80.9 Å². The van der Waals surface area contributed by atoms with Crippen molar-refractivity contribution in [2.75, 3.05) is 0 Å². The minimum atomic E-state index is -0.510. The van der Waals surface area contributed by atoms with E-state index in [1.807, 2.05) is 27.7 Å². The highest BCUT2D eigenvalue weighted by atomic mass is 16.1. The maximum Gasteiger partial charge on any atom is 0.141 e. The summed E-state index contributed by atoms with van der Waals surface area (Å²) in [6.45, 7) is 7.46. The molecule has 0 fully saturated rings. The van der Waals surface area contributed by atoms with Crippen LogP contribution in [0.5, 0.6) is 0 Å². The molecule has 0 saturated heterocycles. The third-order valence-electron chi connectivity index (χ3n) is 2.80. The van der Waals surface area contributed by atoms with Crippen LogP contribution >= 0.6 is 0 Å². The van der Waals surface area contributed by atoms with E-state index < -0.39 is 11.0 Å². The minimum absolute atomic E-state index is 0.137. The molecule has 74 valence electrons. The van der Waals surface area contributed by atoms with Gasteiger partial charge in [0, 0.05) is 23.8 Å². The molecule has 0 heterocycles.